The van der Waals surface area contributed by atoms with Gasteiger partial charge in [-0.05, 0) is 38.0 Å². The first-order valence-corrected chi connectivity index (χ1v) is 8.23. The summed E-state index contributed by atoms with van der Waals surface area (Å²) in [6.07, 6.45) is 0. The van der Waals surface area contributed by atoms with Gasteiger partial charge in [0.25, 0.3) is 5.91 Å². The van der Waals surface area contributed by atoms with Gasteiger partial charge in [-0.15, -0.1) is 0 Å². The molecule has 0 aromatic heterocycles. The fraction of sp³-hybridized carbons (Fsp3) is 0.300. The van der Waals surface area contributed by atoms with E-state index in [0.29, 0.717) is 11.3 Å². The fourth-order valence-electron chi connectivity index (χ4n) is 2.60. The van der Waals surface area contributed by atoms with Gasteiger partial charge in [0.05, 0.1) is 0 Å². The molecule has 2 aromatic rings. The molecule has 0 aliphatic rings. The Bertz CT molecular complexity index is 781. The smallest absolute Gasteiger partial charge is 0.344 e. The lowest BCUT2D eigenvalue weighted by atomic mass is 10.1. The van der Waals surface area contributed by atoms with Gasteiger partial charge in [0.2, 0.25) is 0 Å². The highest BCUT2D eigenvalue weighted by Gasteiger charge is 2.11. The molecule has 0 saturated heterocycles. The third kappa shape index (κ3) is 5.58. The van der Waals surface area contributed by atoms with E-state index in [4.69, 9.17) is 9.47 Å². The first-order chi connectivity index (χ1) is 12.4. The van der Waals surface area contributed by atoms with Crippen molar-refractivity contribution in [1.82, 2.24) is 5.32 Å². The Balaban J connectivity index is 1.75. The van der Waals surface area contributed by atoms with Crippen molar-refractivity contribution in [3.63, 3.8) is 0 Å². The van der Waals surface area contributed by atoms with Crippen molar-refractivity contribution >= 4 is 11.9 Å². The molecule has 26 heavy (non-hydrogen) atoms. The van der Waals surface area contributed by atoms with Gasteiger partial charge < -0.3 is 14.8 Å². The quantitative estimate of drug-likeness (QED) is 0.772. The molecule has 2 aromatic carbocycles. The van der Waals surface area contributed by atoms with Crippen molar-refractivity contribution in [2.24, 2.45) is 0 Å². The molecule has 0 heterocycles. The van der Waals surface area contributed by atoms with Crippen LogP contribution < -0.4 is 10.1 Å². The van der Waals surface area contributed by atoms with Crippen LogP contribution in [0, 0.1) is 26.6 Å². The highest BCUT2D eigenvalue weighted by molar-refractivity contribution is 5.80. The molecule has 1 N–H and O–H groups in total. The molecule has 0 fully saturated rings. The Hall–Kier alpha value is -2.89. The fourth-order valence-corrected chi connectivity index (χ4v) is 2.60. The predicted molar refractivity (Wildman–Crippen MR) is 95.4 cm³/mol. The number of aryl methyl sites for hydroxylation is 3. The lowest BCUT2D eigenvalue weighted by molar-refractivity contribution is -0.150. The molecular formula is C20H22FNO4. The Morgan fingerprint density at radius 3 is 2.35 bits per heavy atom. The molecule has 6 heteroatoms. The van der Waals surface area contributed by atoms with E-state index in [9.17, 15) is 14.0 Å². The molecule has 0 bridgehead atoms. The topological polar surface area (TPSA) is 64.6 Å². The van der Waals surface area contributed by atoms with Crippen molar-refractivity contribution in [2.45, 2.75) is 27.3 Å². The SMILES string of the molecule is Cc1cc(C)c(OCC(=O)OCC(=O)NCc2ccccc2F)c(C)c1. The van der Waals surface area contributed by atoms with Crippen LogP contribution in [0.2, 0.25) is 0 Å². The average Bonchev–Trinajstić information content (AvgIpc) is 2.58. The molecule has 0 unspecified atom stereocenters. The van der Waals surface area contributed by atoms with Gasteiger partial charge >= 0.3 is 5.97 Å². The number of ether oxygens (including phenoxy) is 2. The van der Waals surface area contributed by atoms with E-state index >= 15 is 0 Å². The van der Waals surface area contributed by atoms with Crippen LogP contribution in [0.25, 0.3) is 0 Å². The monoisotopic (exact) mass is 359 g/mol. The normalized spacial score (nSPS) is 10.3. The maximum absolute atomic E-state index is 13.5. The van der Waals surface area contributed by atoms with Gasteiger partial charge in [-0.2, -0.15) is 0 Å². The van der Waals surface area contributed by atoms with Gasteiger partial charge in [0, 0.05) is 12.1 Å². The zero-order valence-electron chi connectivity index (χ0n) is 15.1. The minimum absolute atomic E-state index is 0.0291. The third-order valence-electron chi connectivity index (χ3n) is 3.74. The largest absolute Gasteiger partial charge is 0.481 e. The molecule has 0 aliphatic carbocycles. The van der Waals surface area contributed by atoms with Gasteiger partial charge in [-0.1, -0.05) is 35.9 Å². The van der Waals surface area contributed by atoms with E-state index in [1.54, 1.807) is 18.2 Å². The number of amides is 1. The number of benzene rings is 2. The molecule has 2 rings (SSSR count). The standard InChI is InChI=1S/C20H22FNO4/c1-13-8-14(2)20(15(3)9-13)26-12-19(24)25-11-18(23)22-10-16-6-4-5-7-17(16)21/h4-9H,10-12H2,1-3H3,(H,22,23). The minimum atomic E-state index is -0.648. The number of halogens is 1. The first kappa shape index (κ1) is 19.4. The summed E-state index contributed by atoms with van der Waals surface area (Å²) in [4.78, 5) is 23.5. The number of nitrogens with one attached hydrogen (secondary N) is 1. The Morgan fingerprint density at radius 1 is 1.04 bits per heavy atom. The van der Waals surface area contributed by atoms with Crippen molar-refractivity contribution in [2.75, 3.05) is 13.2 Å². The van der Waals surface area contributed by atoms with Crippen molar-refractivity contribution in [1.29, 1.82) is 0 Å². The Morgan fingerprint density at radius 2 is 1.69 bits per heavy atom. The summed E-state index contributed by atoms with van der Waals surface area (Å²) < 4.78 is 23.8. The molecule has 0 saturated carbocycles. The predicted octanol–water partition coefficient (Wildman–Crippen LogP) is 2.99. The van der Waals surface area contributed by atoms with Crippen molar-refractivity contribution in [3.05, 3.63) is 64.5 Å². The Labute approximate surface area is 152 Å². The van der Waals surface area contributed by atoms with Crippen LogP contribution in [-0.4, -0.2) is 25.1 Å². The molecule has 5 nitrogen and oxygen atoms in total. The number of hydrogen-bond acceptors (Lipinski definition) is 4. The summed E-state index contributed by atoms with van der Waals surface area (Å²) in [7, 11) is 0. The van der Waals surface area contributed by atoms with Crippen LogP contribution in [-0.2, 0) is 20.9 Å². The maximum atomic E-state index is 13.5. The van der Waals surface area contributed by atoms with E-state index < -0.39 is 24.3 Å². The number of carbonyl (C=O) groups excluding carboxylic acids is 2. The number of esters is 1. The van der Waals surface area contributed by atoms with Gasteiger partial charge in [0.15, 0.2) is 13.2 Å². The van der Waals surface area contributed by atoms with Crippen LogP contribution in [0.4, 0.5) is 4.39 Å². The third-order valence-corrected chi connectivity index (χ3v) is 3.74. The van der Waals surface area contributed by atoms with Gasteiger partial charge in [0.1, 0.15) is 11.6 Å². The van der Waals surface area contributed by atoms with Crippen LogP contribution in [0.15, 0.2) is 36.4 Å². The second-order valence-electron chi connectivity index (χ2n) is 6.05. The van der Waals surface area contributed by atoms with E-state index in [2.05, 4.69) is 5.32 Å². The molecule has 0 atom stereocenters. The van der Waals surface area contributed by atoms with E-state index in [0.717, 1.165) is 16.7 Å². The second-order valence-corrected chi connectivity index (χ2v) is 6.05. The lowest BCUT2D eigenvalue weighted by Crippen LogP contribution is -2.29. The molecule has 1 amide bonds. The van der Waals surface area contributed by atoms with Crippen LogP contribution in [0.3, 0.4) is 0 Å². The van der Waals surface area contributed by atoms with Crippen molar-refractivity contribution < 1.29 is 23.5 Å². The second kappa shape index (κ2) is 8.99. The van der Waals surface area contributed by atoms with Gasteiger partial charge in [-0.3, -0.25) is 4.79 Å². The van der Waals surface area contributed by atoms with E-state index in [1.807, 2.05) is 32.9 Å². The van der Waals surface area contributed by atoms with E-state index in [-0.39, 0.29) is 13.2 Å². The van der Waals surface area contributed by atoms with Gasteiger partial charge in [-0.25, -0.2) is 9.18 Å². The van der Waals surface area contributed by atoms with Crippen molar-refractivity contribution in [3.8, 4) is 5.75 Å². The summed E-state index contributed by atoms with van der Waals surface area (Å²) in [5.74, 6) is -0.923. The summed E-state index contributed by atoms with van der Waals surface area (Å²) in [5.41, 5.74) is 3.33. The molecule has 0 radical (unpaired) electrons. The lowest BCUT2D eigenvalue weighted by Gasteiger charge is -2.13. The first-order valence-electron chi connectivity index (χ1n) is 8.23. The molecule has 0 spiro atoms. The highest BCUT2D eigenvalue weighted by Crippen LogP contribution is 2.24. The molecule has 138 valence electrons. The maximum Gasteiger partial charge on any atom is 0.344 e. The molecule has 0 aliphatic heterocycles. The van der Waals surface area contributed by atoms with Crippen LogP contribution in [0.5, 0.6) is 5.75 Å². The summed E-state index contributed by atoms with van der Waals surface area (Å²) >= 11 is 0. The Kier molecular flexibility index (Phi) is 6.72. The number of hydrogen-bond donors (Lipinski definition) is 1. The van der Waals surface area contributed by atoms with Crippen LogP contribution >= 0.6 is 0 Å². The van der Waals surface area contributed by atoms with E-state index in [1.165, 1.54) is 6.07 Å². The number of rotatable bonds is 7. The zero-order valence-corrected chi connectivity index (χ0v) is 15.1. The summed E-state index contributed by atoms with van der Waals surface area (Å²) in [6.45, 7) is 5.08. The average molecular weight is 359 g/mol. The zero-order chi connectivity index (χ0) is 19.1. The molecular weight excluding hydrogens is 337 g/mol. The highest BCUT2D eigenvalue weighted by atomic mass is 19.1. The summed E-state index contributed by atoms with van der Waals surface area (Å²) in [6, 6.07) is 10.1. The minimum Gasteiger partial charge on any atom is -0.481 e. The summed E-state index contributed by atoms with van der Waals surface area (Å²) in [5, 5.41) is 2.50. The van der Waals surface area contributed by atoms with Crippen LogP contribution in [0.1, 0.15) is 22.3 Å². The number of carbonyl (C=O) groups is 2.